The molecule has 1 saturated heterocycles. The third-order valence-corrected chi connectivity index (χ3v) is 3.72. The molecule has 116 valence electrons. The third-order valence-electron chi connectivity index (χ3n) is 3.72. The number of fused-ring (bicyclic) bond motifs is 1. The molecule has 2 aliphatic rings. The highest BCUT2D eigenvalue weighted by atomic mass is 35.5. The highest BCUT2D eigenvalue weighted by Gasteiger charge is 2.26. The zero-order valence-corrected chi connectivity index (χ0v) is 12.4. The van der Waals surface area contributed by atoms with Gasteiger partial charge >= 0.3 is 0 Å². The monoisotopic (exact) mass is 314 g/mol. The number of rotatable bonds is 3. The van der Waals surface area contributed by atoms with Crippen LogP contribution in [0.15, 0.2) is 18.2 Å². The predicted octanol–water partition coefficient (Wildman–Crippen LogP) is 1.53. The summed E-state index contributed by atoms with van der Waals surface area (Å²) in [5.74, 6) is 1.34. The topological polar surface area (TPSA) is 82.8 Å². The van der Waals surface area contributed by atoms with Crippen molar-refractivity contribution in [2.24, 2.45) is 11.7 Å². The summed E-state index contributed by atoms with van der Waals surface area (Å²) in [6.07, 6.45) is 1.66. The van der Waals surface area contributed by atoms with Gasteiger partial charge in [-0.05, 0) is 30.9 Å². The highest BCUT2D eigenvalue weighted by Crippen LogP contribution is 2.34. The number of hydrogen-bond donors (Lipinski definition) is 2. The van der Waals surface area contributed by atoms with E-state index in [0.717, 1.165) is 12.8 Å². The molecule has 2 heterocycles. The predicted molar refractivity (Wildman–Crippen MR) is 80.0 cm³/mol. The van der Waals surface area contributed by atoms with Gasteiger partial charge in [0.05, 0.1) is 6.04 Å². The van der Waals surface area contributed by atoms with Crippen LogP contribution >= 0.6 is 12.4 Å². The molecule has 0 aromatic heterocycles. The Kier molecular flexibility index (Phi) is 5.27. The first-order chi connectivity index (χ1) is 9.74. The van der Waals surface area contributed by atoms with E-state index in [9.17, 15) is 4.79 Å². The Labute approximate surface area is 129 Å². The maximum Gasteiger partial charge on any atom is 0.241 e. The molecule has 1 unspecified atom stereocenters. The fourth-order valence-corrected chi connectivity index (χ4v) is 2.49. The Morgan fingerprint density at radius 3 is 2.71 bits per heavy atom. The van der Waals surface area contributed by atoms with Crippen LogP contribution in [0.5, 0.6) is 11.5 Å². The van der Waals surface area contributed by atoms with Gasteiger partial charge < -0.3 is 25.3 Å². The first kappa shape index (κ1) is 15.9. The Morgan fingerprint density at radius 2 is 1.95 bits per heavy atom. The molecule has 0 aliphatic carbocycles. The van der Waals surface area contributed by atoms with Gasteiger partial charge in [0.2, 0.25) is 12.7 Å². The first-order valence-electron chi connectivity index (χ1n) is 6.78. The van der Waals surface area contributed by atoms with E-state index in [1.165, 1.54) is 0 Å². The first-order valence-corrected chi connectivity index (χ1v) is 6.78. The van der Waals surface area contributed by atoms with Gasteiger partial charge in [0.1, 0.15) is 0 Å². The molecule has 1 atom stereocenters. The molecule has 2 aliphatic heterocycles. The number of carbonyl (C=O) groups is 1. The van der Waals surface area contributed by atoms with E-state index in [0.29, 0.717) is 30.4 Å². The van der Waals surface area contributed by atoms with Gasteiger partial charge in [-0.25, -0.2) is 0 Å². The van der Waals surface area contributed by atoms with E-state index in [-0.39, 0.29) is 31.0 Å². The van der Waals surface area contributed by atoms with Crippen LogP contribution in [-0.4, -0.2) is 32.0 Å². The van der Waals surface area contributed by atoms with Gasteiger partial charge in [-0.3, -0.25) is 4.79 Å². The van der Waals surface area contributed by atoms with Gasteiger partial charge in [0, 0.05) is 25.0 Å². The standard InChI is InChI=1S/C14H18N2O4.ClH/c15-13(9-3-5-18-6-4-9)14(17)16-10-1-2-11-12(7-10)20-8-19-11;/h1-2,7,9,13H,3-6,8,15H2,(H,16,17);1H. The average molecular weight is 315 g/mol. The van der Waals surface area contributed by atoms with Crippen LogP contribution < -0.4 is 20.5 Å². The lowest BCUT2D eigenvalue weighted by Gasteiger charge is -2.26. The largest absolute Gasteiger partial charge is 0.454 e. The number of nitrogens with two attached hydrogens (primary N) is 1. The molecule has 1 aromatic carbocycles. The van der Waals surface area contributed by atoms with Gasteiger partial charge in [-0.15, -0.1) is 12.4 Å². The fraction of sp³-hybridized carbons (Fsp3) is 0.500. The lowest BCUT2D eigenvalue weighted by atomic mass is 9.92. The van der Waals surface area contributed by atoms with E-state index in [1.807, 2.05) is 0 Å². The van der Waals surface area contributed by atoms with Crippen LogP contribution in [0.25, 0.3) is 0 Å². The number of hydrogen-bond acceptors (Lipinski definition) is 5. The minimum atomic E-state index is -0.510. The van der Waals surface area contributed by atoms with E-state index in [4.69, 9.17) is 19.9 Å². The molecule has 1 amide bonds. The van der Waals surface area contributed by atoms with E-state index < -0.39 is 6.04 Å². The van der Waals surface area contributed by atoms with Crippen molar-refractivity contribution in [1.29, 1.82) is 0 Å². The molecule has 1 fully saturated rings. The molecule has 3 N–H and O–H groups in total. The van der Waals surface area contributed by atoms with Crippen LogP contribution in [0.2, 0.25) is 0 Å². The molecule has 0 saturated carbocycles. The summed E-state index contributed by atoms with van der Waals surface area (Å²) in [5, 5.41) is 2.83. The molecule has 1 aromatic rings. The van der Waals surface area contributed by atoms with E-state index in [1.54, 1.807) is 18.2 Å². The second-order valence-electron chi connectivity index (χ2n) is 5.03. The number of amides is 1. The Hall–Kier alpha value is -1.50. The van der Waals surface area contributed by atoms with Gasteiger partial charge in [0.15, 0.2) is 11.5 Å². The minimum absolute atomic E-state index is 0. The Morgan fingerprint density at radius 1 is 1.24 bits per heavy atom. The molecule has 0 radical (unpaired) electrons. The average Bonchev–Trinajstić information content (AvgIpc) is 2.95. The fourth-order valence-electron chi connectivity index (χ4n) is 2.49. The van der Waals surface area contributed by atoms with Crippen LogP contribution in [0.1, 0.15) is 12.8 Å². The summed E-state index contributed by atoms with van der Waals surface area (Å²) in [4.78, 5) is 12.2. The number of anilines is 1. The molecule has 7 heteroatoms. The molecule has 6 nitrogen and oxygen atoms in total. The van der Waals surface area contributed by atoms with Crippen molar-refractivity contribution in [2.45, 2.75) is 18.9 Å². The molecular formula is C14H19ClN2O4. The molecular weight excluding hydrogens is 296 g/mol. The Balaban J connectivity index is 0.00000161. The molecule has 3 rings (SSSR count). The molecule has 0 spiro atoms. The zero-order chi connectivity index (χ0) is 13.9. The highest BCUT2D eigenvalue weighted by molar-refractivity contribution is 5.95. The van der Waals surface area contributed by atoms with Gasteiger partial charge in [0.25, 0.3) is 0 Å². The molecule has 21 heavy (non-hydrogen) atoms. The summed E-state index contributed by atoms with van der Waals surface area (Å²) in [7, 11) is 0. The van der Waals surface area contributed by atoms with Crippen LogP contribution in [0.4, 0.5) is 5.69 Å². The lowest BCUT2D eigenvalue weighted by molar-refractivity contribution is -0.119. The summed E-state index contributed by atoms with van der Waals surface area (Å²) in [5.41, 5.74) is 6.70. The smallest absolute Gasteiger partial charge is 0.241 e. The van der Waals surface area contributed by atoms with Crippen molar-refractivity contribution in [3.63, 3.8) is 0 Å². The van der Waals surface area contributed by atoms with Crippen molar-refractivity contribution in [2.75, 3.05) is 25.3 Å². The second-order valence-corrected chi connectivity index (χ2v) is 5.03. The van der Waals surface area contributed by atoms with Crippen LogP contribution in [0, 0.1) is 5.92 Å². The van der Waals surface area contributed by atoms with Crippen molar-refractivity contribution in [3.05, 3.63) is 18.2 Å². The van der Waals surface area contributed by atoms with Crippen molar-refractivity contribution >= 4 is 24.0 Å². The van der Waals surface area contributed by atoms with Gasteiger partial charge in [-0.2, -0.15) is 0 Å². The summed E-state index contributed by atoms with van der Waals surface area (Å²) in [6.45, 7) is 1.57. The number of ether oxygens (including phenoxy) is 3. The number of halogens is 1. The number of nitrogens with one attached hydrogen (secondary N) is 1. The van der Waals surface area contributed by atoms with E-state index in [2.05, 4.69) is 5.32 Å². The maximum absolute atomic E-state index is 12.2. The number of benzene rings is 1. The van der Waals surface area contributed by atoms with Crippen molar-refractivity contribution in [1.82, 2.24) is 0 Å². The van der Waals surface area contributed by atoms with Crippen LogP contribution in [-0.2, 0) is 9.53 Å². The minimum Gasteiger partial charge on any atom is -0.454 e. The quantitative estimate of drug-likeness (QED) is 0.884. The SMILES string of the molecule is Cl.NC(C(=O)Nc1ccc2c(c1)OCO2)C1CCOCC1. The number of carbonyl (C=O) groups excluding carboxylic acids is 1. The summed E-state index contributed by atoms with van der Waals surface area (Å²) < 4.78 is 15.8. The normalized spacial score (nSPS) is 18.7. The Bertz CT molecular complexity index is 506. The van der Waals surface area contributed by atoms with Crippen LogP contribution in [0.3, 0.4) is 0 Å². The third kappa shape index (κ3) is 3.58. The second kappa shape index (κ2) is 6.98. The van der Waals surface area contributed by atoms with Gasteiger partial charge in [-0.1, -0.05) is 0 Å². The summed E-state index contributed by atoms with van der Waals surface area (Å²) in [6, 6.07) is 4.79. The zero-order valence-electron chi connectivity index (χ0n) is 11.5. The molecule has 0 bridgehead atoms. The van der Waals surface area contributed by atoms with Crippen molar-refractivity contribution < 1.29 is 19.0 Å². The maximum atomic E-state index is 12.2. The lowest BCUT2D eigenvalue weighted by Crippen LogP contribution is -2.43. The summed E-state index contributed by atoms with van der Waals surface area (Å²) >= 11 is 0. The van der Waals surface area contributed by atoms with E-state index >= 15 is 0 Å². The van der Waals surface area contributed by atoms with Crippen molar-refractivity contribution in [3.8, 4) is 11.5 Å².